The van der Waals surface area contributed by atoms with E-state index in [1.54, 1.807) is 4.90 Å². The largest absolute Gasteiger partial charge is 0.469 e. The Balaban J connectivity index is 2.46. The van der Waals surface area contributed by atoms with Crippen LogP contribution in [0.1, 0.15) is 12.8 Å². The number of methoxy groups -OCH3 is 2. The number of nitrogens with zero attached hydrogens (tertiary/aromatic N) is 1. The lowest BCUT2D eigenvalue weighted by Gasteiger charge is -2.32. The topological polar surface area (TPSA) is 81.9 Å². The van der Waals surface area contributed by atoms with Gasteiger partial charge in [0.15, 0.2) is 0 Å². The van der Waals surface area contributed by atoms with Crippen molar-refractivity contribution < 1.29 is 19.1 Å². The van der Waals surface area contributed by atoms with E-state index >= 15 is 0 Å². The van der Waals surface area contributed by atoms with E-state index in [2.05, 4.69) is 4.74 Å². The van der Waals surface area contributed by atoms with Crippen LogP contribution in [0.25, 0.3) is 0 Å². The number of piperidine rings is 1. The van der Waals surface area contributed by atoms with E-state index in [0.717, 1.165) is 0 Å². The van der Waals surface area contributed by atoms with Crippen molar-refractivity contribution >= 4 is 11.9 Å². The average Bonchev–Trinajstić information content (AvgIpc) is 2.39. The van der Waals surface area contributed by atoms with Gasteiger partial charge in [0.2, 0.25) is 0 Å². The summed E-state index contributed by atoms with van der Waals surface area (Å²) in [6.07, 6.45) is 0.698. The van der Waals surface area contributed by atoms with E-state index in [0.29, 0.717) is 25.9 Å². The van der Waals surface area contributed by atoms with Crippen LogP contribution in [0.4, 0.5) is 0 Å². The van der Waals surface area contributed by atoms with Crippen molar-refractivity contribution in [1.82, 2.24) is 4.90 Å². The van der Waals surface area contributed by atoms with Gasteiger partial charge in [0, 0.05) is 26.7 Å². The Morgan fingerprint density at radius 2 is 1.94 bits per heavy atom. The van der Waals surface area contributed by atoms with Crippen LogP contribution in [0.5, 0.6) is 0 Å². The van der Waals surface area contributed by atoms with Crippen LogP contribution >= 0.6 is 0 Å². The van der Waals surface area contributed by atoms with Gasteiger partial charge in [-0.3, -0.25) is 9.59 Å². The van der Waals surface area contributed by atoms with Gasteiger partial charge in [0.1, 0.15) is 6.10 Å². The number of rotatable bonds is 4. The molecule has 0 aliphatic carbocycles. The summed E-state index contributed by atoms with van der Waals surface area (Å²) in [5.74, 6) is -0.388. The first-order valence-corrected chi connectivity index (χ1v) is 5.73. The van der Waals surface area contributed by atoms with Crippen molar-refractivity contribution in [2.75, 3.05) is 33.9 Å². The molecular formula is C11H20N2O4. The Hall–Kier alpha value is -1.14. The number of ether oxygens (including phenoxy) is 2. The molecule has 0 aromatic heterocycles. The summed E-state index contributed by atoms with van der Waals surface area (Å²) < 4.78 is 9.69. The predicted molar refractivity (Wildman–Crippen MR) is 61.2 cm³/mol. The van der Waals surface area contributed by atoms with E-state index in [-0.39, 0.29) is 24.3 Å². The normalized spacial score (nSPS) is 18.9. The molecule has 98 valence electrons. The highest BCUT2D eigenvalue weighted by Crippen LogP contribution is 2.19. The standard InChI is InChI=1S/C11H20N2O4/c1-16-9(7-12)10(14)13-5-3-8(4-6-13)11(15)17-2/h8-9H,3-7,12H2,1-2H3. The fraction of sp³-hybridized carbons (Fsp3) is 0.818. The van der Waals surface area contributed by atoms with E-state index in [1.807, 2.05) is 0 Å². The van der Waals surface area contributed by atoms with Crippen LogP contribution in [-0.4, -0.2) is 56.7 Å². The predicted octanol–water partition coefficient (Wildman–Crippen LogP) is -0.628. The maximum Gasteiger partial charge on any atom is 0.308 e. The molecule has 1 heterocycles. The lowest BCUT2D eigenvalue weighted by Crippen LogP contribution is -2.47. The molecule has 2 N–H and O–H groups in total. The summed E-state index contributed by atoms with van der Waals surface area (Å²) in [5.41, 5.74) is 5.44. The molecule has 1 aliphatic heterocycles. The number of hydrogen-bond donors (Lipinski definition) is 1. The maximum atomic E-state index is 11.9. The Bertz CT molecular complexity index is 271. The van der Waals surface area contributed by atoms with E-state index < -0.39 is 6.10 Å². The maximum absolute atomic E-state index is 11.9. The molecular weight excluding hydrogens is 224 g/mol. The van der Waals surface area contributed by atoms with Crippen molar-refractivity contribution in [2.45, 2.75) is 18.9 Å². The second kappa shape index (κ2) is 6.56. The van der Waals surface area contributed by atoms with Crippen molar-refractivity contribution in [2.24, 2.45) is 11.7 Å². The number of amides is 1. The second-order valence-electron chi connectivity index (χ2n) is 4.08. The summed E-state index contributed by atoms with van der Waals surface area (Å²) in [6.45, 7) is 1.28. The van der Waals surface area contributed by atoms with Crippen molar-refractivity contribution in [3.63, 3.8) is 0 Å². The quantitative estimate of drug-likeness (QED) is 0.666. The lowest BCUT2D eigenvalue weighted by molar-refractivity contribution is -0.151. The molecule has 1 saturated heterocycles. The van der Waals surface area contributed by atoms with Crippen LogP contribution < -0.4 is 5.73 Å². The summed E-state index contributed by atoms with van der Waals surface area (Å²) >= 11 is 0. The number of likely N-dealkylation sites (tertiary alicyclic amines) is 1. The first kappa shape index (κ1) is 13.9. The van der Waals surface area contributed by atoms with E-state index in [9.17, 15) is 9.59 Å². The van der Waals surface area contributed by atoms with Crippen LogP contribution in [0.2, 0.25) is 0 Å². The fourth-order valence-electron chi connectivity index (χ4n) is 2.00. The molecule has 0 radical (unpaired) electrons. The number of carbonyl (C=O) groups excluding carboxylic acids is 2. The minimum atomic E-state index is -0.579. The molecule has 1 unspecified atom stereocenters. The van der Waals surface area contributed by atoms with Gasteiger partial charge < -0.3 is 20.1 Å². The molecule has 0 spiro atoms. The van der Waals surface area contributed by atoms with Crippen molar-refractivity contribution in [3.05, 3.63) is 0 Å². The summed E-state index contributed by atoms with van der Waals surface area (Å²) in [4.78, 5) is 24.9. The molecule has 6 nitrogen and oxygen atoms in total. The van der Waals surface area contributed by atoms with Gasteiger partial charge in [-0.25, -0.2) is 0 Å². The number of esters is 1. The van der Waals surface area contributed by atoms with Gasteiger partial charge >= 0.3 is 5.97 Å². The van der Waals surface area contributed by atoms with Gasteiger partial charge in [-0.05, 0) is 12.8 Å². The van der Waals surface area contributed by atoms with Gasteiger partial charge in [-0.2, -0.15) is 0 Å². The van der Waals surface area contributed by atoms with E-state index in [1.165, 1.54) is 14.2 Å². The van der Waals surface area contributed by atoms with Crippen LogP contribution in [-0.2, 0) is 19.1 Å². The molecule has 1 atom stereocenters. The number of nitrogens with two attached hydrogens (primary N) is 1. The van der Waals surface area contributed by atoms with Crippen molar-refractivity contribution in [1.29, 1.82) is 0 Å². The summed E-state index contributed by atoms with van der Waals surface area (Å²) in [5, 5.41) is 0. The second-order valence-corrected chi connectivity index (χ2v) is 4.08. The minimum absolute atomic E-state index is 0.0945. The molecule has 1 rings (SSSR count). The van der Waals surface area contributed by atoms with Gasteiger partial charge in [0.25, 0.3) is 5.91 Å². The summed E-state index contributed by atoms with van der Waals surface area (Å²) in [6, 6.07) is 0. The van der Waals surface area contributed by atoms with Gasteiger partial charge in [-0.15, -0.1) is 0 Å². The monoisotopic (exact) mass is 244 g/mol. The van der Waals surface area contributed by atoms with Crippen LogP contribution in [0, 0.1) is 5.92 Å². The number of hydrogen-bond acceptors (Lipinski definition) is 5. The highest BCUT2D eigenvalue weighted by atomic mass is 16.5. The van der Waals surface area contributed by atoms with Crippen LogP contribution in [0.15, 0.2) is 0 Å². The first-order valence-electron chi connectivity index (χ1n) is 5.73. The van der Waals surface area contributed by atoms with E-state index in [4.69, 9.17) is 10.5 Å². The zero-order valence-corrected chi connectivity index (χ0v) is 10.3. The molecule has 0 aromatic rings. The Morgan fingerprint density at radius 3 is 2.35 bits per heavy atom. The molecule has 0 saturated carbocycles. The molecule has 1 amide bonds. The number of carbonyl (C=O) groups is 2. The Kier molecular flexibility index (Phi) is 5.37. The molecule has 17 heavy (non-hydrogen) atoms. The van der Waals surface area contributed by atoms with Crippen LogP contribution in [0.3, 0.4) is 0 Å². The highest BCUT2D eigenvalue weighted by Gasteiger charge is 2.30. The van der Waals surface area contributed by atoms with Gasteiger partial charge in [0.05, 0.1) is 13.0 Å². The smallest absolute Gasteiger partial charge is 0.308 e. The third-order valence-electron chi connectivity index (χ3n) is 3.12. The third-order valence-corrected chi connectivity index (χ3v) is 3.12. The van der Waals surface area contributed by atoms with Gasteiger partial charge in [-0.1, -0.05) is 0 Å². The molecule has 0 bridgehead atoms. The highest BCUT2D eigenvalue weighted by molar-refractivity contribution is 5.81. The zero-order chi connectivity index (χ0) is 12.8. The summed E-state index contributed by atoms with van der Waals surface area (Å²) in [7, 11) is 2.85. The van der Waals surface area contributed by atoms with Crippen molar-refractivity contribution in [3.8, 4) is 0 Å². The molecule has 1 fully saturated rings. The Labute approximate surface area is 101 Å². The Morgan fingerprint density at radius 1 is 1.35 bits per heavy atom. The SMILES string of the molecule is COC(=O)C1CCN(C(=O)C(CN)OC)CC1. The molecule has 6 heteroatoms. The fourth-order valence-corrected chi connectivity index (χ4v) is 2.00. The lowest BCUT2D eigenvalue weighted by atomic mass is 9.96. The average molecular weight is 244 g/mol. The zero-order valence-electron chi connectivity index (χ0n) is 10.3. The first-order chi connectivity index (χ1) is 8.13. The minimum Gasteiger partial charge on any atom is -0.469 e. The molecule has 1 aliphatic rings. The molecule has 0 aromatic carbocycles. The third kappa shape index (κ3) is 3.41.